The maximum atomic E-state index is 13.6. The highest BCUT2D eigenvalue weighted by Gasteiger charge is 2.23. The van der Waals surface area contributed by atoms with Gasteiger partial charge in [0.15, 0.2) is 0 Å². The van der Waals surface area contributed by atoms with Crippen molar-refractivity contribution in [1.82, 2.24) is 14.8 Å². The van der Waals surface area contributed by atoms with E-state index in [1.54, 1.807) is 10.7 Å². The van der Waals surface area contributed by atoms with E-state index in [4.69, 9.17) is 0 Å². The molecule has 0 amide bonds. The van der Waals surface area contributed by atoms with E-state index in [2.05, 4.69) is 46.6 Å². The number of halogens is 1. The number of nitrogens with zero attached hydrogens (tertiary/aromatic N) is 3. The Kier molecular flexibility index (Phi) is 3.19. The molecule has 0 saturated heterocycles. The van der Waals surface area contributed by atoms with Crippen LogP contribution in [0.3, 0.4) is 0 Å². The number of hydrogen-bond acceptors (Lipinski definition) is 3. The van der Waals surface area contributed by atoms with Gasteiger partial charge in [0, 0.05) is 5.70 Å². The summed E-state index contributed by atoms with van der Waals surface area (Å²) in [5.74, 6) is 0.394. The summed E-state index contributed by atoms with van der Waals surface area (Å²) < 4.78 is 15.4. The monoisotopic (exact) mass is 306 g/mol. The summed E-state index contributed by atoms with van der Waals surface area (Å²) in [5, 5.41) is 7.55. The molecule has 0 saturated carbocycles. The van der Waals surface area contributed by atoms with Crippen LogP contribution in [0.15, 0.2) is 60.9 Å². The Hall–Kier alpha value is -2.95. The van der Waals surface area contributed by atoms with E-state index in [9.17, 15) is 4.39 Å². The molecule has 0 radical (unpaired) electrons. The molecule has 1 atom stereocenters. The predicted octanol–water partition coefficient (Wildman–Crippen LogP) is 3.78. The molecule has 0 bridgehead atoms. The van der Waals surface area contributed by atoms with Crippen LogP contribution >= 0.6 is 0 Å². The third-order valence-corrected chi connectivity index (χ3v) is 3.96. The lowest BCUT2D eigenvalue weighted by molar-refractivity contribution is 0.593. The molecule has 5 heteroatoms. The smallest absolute Gasteiger partial charge is 0.226 e. The highest BCUT2D eigenvalue weighted by Crippen LogP contribution is 2.32. The van der Waals surface area contributed by atoms with Gasteiger partial charge in [-0.15, -0.1) is 0 Å². The summed E-state index contributed by atoms with van der Waals surface area (Å²) in [6.45, 7) is 2.05. The van der Waals surface area contributed by atoms with Gasteiger partial charge in [-0.2, -0.15) is 10.1 Å². The van der Waals surface area contributed by atoms with Crippen LogP contribution in [0.1, 0.15) is 22.7 Å². The van der Waals surface area contributed by atoms with Crippen LogP contribution in [0.2, 0.25) is 0 Å². The first-order chi connectivity index (χ1) is 11.2. The second kappa shape index (κ2) is 5.35. The zero-order valence-corrected chi connectivity index (χ0v) is 12.6. The normalized spacial score (nSPS) is 16.4. The molecule has 0 spiro atoms. The third kappa shape index (κ3) is 2.50. The number of nitrogens with one attached hydrogen (secondary N) is 1. The largest absolute Gasteiger partial charge is 0.324 e. The Morgan fingerprint density at radius 2 is 1.96 bits per heavy atom. The Morgan fingerprint density at radius 3 is 2.74 bits per heavy atom. The van der Waals surface area contributed by atoms with Gasteiger partial charge >= 0.3 is 0 Å². The van der Waals surface area contributed by atoms with Gasteiger partial charge in [-0.25, -0.2) is 9.07 Å². The zero-order chi connectivity index (χ0) is 15.8. The highest BCUT2D eigenvalue weighted by molar-refractivity contribution is 5.77. The number of aromatic nitrogens is 3. The van der Waals surface area contributed by atoms with Gasteiger partial charge in [0.05, 0.1) is 0 Å². The molecule has 2 aromatic carbocycles. The van der Waals surface area contributed by atoms with E-state index < -0.39 is 0 Å². The van der Waals surface area contributed by atoms with Crippen LogP contribution in [0.25, 0.3) is 5.70 Å². The Labute approximate surface area is 133 Å². The van der Waals surface area contributed by atoms with E-state index in [0.717, 1.165) is 16.8 Å². The maximum absolute atomic E-state index is 13.6. The molecule has 1 aliphatic rings. The molecule has 1 aromatic heterocycles. The standard InChI is InChI=1S/C18H15FN4/c1-12-5-7-13(8-6-12)16-10-17(14-3-2-4-15(19)9-14)23-18(22-16)20-11-21-23/h2-11,17H,1H3,(H,20,21,22). The summed E-state index contributed by atoms with van der Waals surface area (Å²) in [6, 6.07) is 14.6. The molecule has 4 nitrogen and oxygen atoms in total. The predicted molar refractivity (Wildman–Crippen MR) is 87.3 cm³/mol. The van der Waals surface area contributed by atoms with Crippen molar-refractivity contribution in [1.29, 1.82) is 0 Å². The van der Waals surface area contributed by atoms with Crippen molar-refractivity contribution in [2.45, 2.75) is 13.0 Å². The summed E-state index contributed by atoms with van der Waals surface area (Å²) in [4.78, 5) is 4.25. The minimum absolute atomic E-state index is 0.194. The summed E-state index contributed by atoms with van der Waals surface area (Å²) in [5.41, 5.74) is 4.05. The molecule has 1 N–H and O–H groups in total. The molecule has 4 rings (SSSR count). The zero-order valence-electron chi connectivity index (χ0n) is 12.6. The second-order valence-corrected chi connectivity index (χ2v) is 5.60. The van der Waals surface area contributed by atoms with Crippen molar-refractivity contribution in [3.05, 3.63) is 83.4 Å². The number of benzene rings is 2. The molecule has 0 aliphatic carbocycles. The average Bonchev–Trinajstić information content (AvgIpc) is 3.03. The van der Waals surface area contributed by atoms with Crippen LogP contribution in [0.4, 0.5) is 10.3 Å². The van der Waals surface area contributed by atoms with Crippen molar-refractivity contribution >= 4 is 11.6 Å². The number of hydrogen-bond donors (Lipinski definition) is 1. The fourth-order valence-corrected chi connectivity index (χ4v) is 2.76. The van der Waals surface area contributed by atoms with Gasteiger partial charge in [-0.1, -0.05) is 42.0 Å². The van der Waals surface area contributed by atoms with Crippen LogP contribution < -0.4 is 5.32 Å². The quantitative estimate of drug-likeness (QED) is 0.783. The van der Waals surface area contributed by atoms with Gasteiger partial charge in [0.1, 0.15) is 18.2 Å². The van der Waals surface area contributed by atoms with Crippen LogP contribution in [0, 0.1) is 12.7 Å². The van der Waals surface area contributed by atoms with Crippen LogP contribution in [0.5, 0.6) is 0 Å². The topological polar surface area (TPSA) is 42.7 Å². The number of aryl methyl sites for hydroxylation is 1. The Balaban J connectivity index is 1.81. The van der Waals surface area contributed by atoms with Crippen molar-refractivity contribution < 1.29 is 4.39 Å². The second-order valence-electron chi connectivity index (χ2n) is 5.60. The molecule has 2 heterocycles. The summed E-state index contributed by atoms with van der Waals surface area (Å²) in [6.07, 6.45) is 3.54. The first kappa shape index (κ1) is 13.7. The fourth-order valence-electron chi connectivity index (χ4n) is 2.76. The van der Waals surface area contributed by atoms with Crippen molar-refractivity contribution in [2.75, 3.05) is 5.32 Å². The van der Waals surface area contributed by atoms with Crippen molar-refractivity contribution in [3.63, 3.8) is 0 Å². The number of allylic oxidation sites excluding steroid dienone is 1. The highest BCUT2D eigenvalue weighted by atomic mass is 19.1. The first-order valence-electron chi connectivity index (χ1n) is 7.41. The van der Waals surface area contributed by atoms with Crippen LogP contribution in [-0.4, -0.2) is 14.8 Å². The molecule has 1 aliphatic heterocycles. The Bertz CT molecular complexity index is 880. The minimum Gasteiger partial charge on any atom is -0.324 e. The molecule has 23 heavy (non-hydrogen) atoms. The number of anilines is 1. The van der Waals surface area contributed by atoms with Gasteiger partial charge in [-0.05, 0) is 36.3 Å². The lowest BCUT2D eigenvalue weighted by Crippen LogP contribution is -2.20. The van der Waals surface area contributed by atoms with Gasteiger partial charge < -0.3 is 5.32 Å². The summed E-state index contributed by atoms with van der Waals surface area (Å²) in [7, 11) is 0. The van der Waals surface area contributed by atoms with Crippen molar-refractivity contribution in [3.8, 4) is 0 Å². The van der Waals surface area contributed by atoms with E-state index >= 15 is 0 Å². The summed E-state index contributed by atoms with van der Waals surface area (Å²) >= 11 is 0. The third-order valence-electron chi connectivity index (χ3n) is 3.96. The van der Waals surface area contributed by atoms with E-state index in [-0.39, 0.29) is 11.9 Å². The number of fused-ring (bicyclic) bond motifs is 1. The van der Waals surface area contributed by atoms with Gasteiger partial charge in [-0.3, -0.25) is 0 Å². The molecule has 0 fully saturated rings. The first-order valence-corrected chi connectivity index (χ1v) is 7.41. The lowest BCUT2D eigenvalue weighted by Gasteiger charge is -2.24. The minimum atomic E-state index is -0.256. The molecule has 1 unspecified atom stereocenters. The van der Waals surface area contributed by atoms with Gasteiger partial charge in [0.2, 0.25) is 5.95 Å². The molecular weight excluding hydrogens is 291 g/mol. The Morgan fingerprint density at radius 1 is 1.13 bits per heavy atom. The van der Waals surface area contributed by atoms with E-state index in [1.165, 1.54) is 24.0 Å². The number of rotatable bonds is 2. The lowest BCUT2D eigenvalue weighted by atomic mass is 10.0. The van der Waals surface area contributed by atoms with Crippen molar-refractivity contribution in [2.24, 2.45) is 0 Å². The molecule has 114 valence electrons. The van der Waals surface area contributed by atoms with E-state index in [0.29, 0.717) is 5.95 Å². The maximum Gasteiger partial charge on any atom is 0.226 e. The van der Waals surface area contributed by atoms with Gasteiger partial charge in [0.25, 0.3) is 0 Å². The van der Waals surface area contributed by atoms with Crippen LogP contribution in [-0.2, 0) is 0 Å². The fraction of sp³-hybridized carbons (Fsp3) is 0.111. The SMILES string of the molecule is Cc1ccc(C2=CC(c3cccc(F)c3)n3ncnc3N2)cc1. The van der Waals surface area contributed by atoms with E-state index in [1.807, 2.05) is 12.1 Å². The molecular formula is C18H15FN4. The average molecular weight is 306 g/mol. The molecule has 3 aromatic rings.